The second-order valence-corrected chi connectivity index (χ2v) is 6.93. The highest BCUT2D eigenvalue weighted by atomic mass is 32.1. The van der Waals surface area contributed by atoms with E-state index in [1.54, 1.807) is 11.3 Å². The quantitative estimate of drug-likeness (QED) is 0.940. The molecule has 0 saturated heterocycles. The van der Waals surface area contributed by atoms with Crippen LogP contribution >= 0.6 is 11.3 Å². The fourth-order valence-electron chi connectivity index (χ4n) is 2.99. The molecule has 0 amide bonds. The van der Waals surface area contributed by atoms with Crippen LogP contribution in [-0.2, 0) is 6.54 Å². The Balaban J connectivity index is 1.67. The topological polar surface area (TPSA) is 55.3 Å². The first-order valence-corrected chi connectivity index (χ1v) is 8.47. The van der Waals surface area contributed by atoms with E-state index in [9.17, 15) is 0 Å². The van der Waals surface area contributed by atoms with Crippen molar-refractivity contribution in [3.05, 3.63) is 29.0 Å². The average Bonchev–Trinajstić information content (AvgIpc) is 3.10. The van der Waals surface area contributed by atoms with E-state index in [1.165, 1.54) is 12.8 Å². The summed E-state index contributed by atoms with van der Waals surface area (Å²) in [6.07, 6.45) is 4.64. The Kier molecular flexibility index (Phi) is 4.42. The van der Waals surface area contributed by atoms with E-state index in [1.807, 2.05) is 24.4 Å². The molecule has 1 aliphatic rings. The van der Waals surface area contributed by atoms with E-state index < -0.39 is 0 Å². The highest BCUT2D eigenvalue weighted by Crippen LogP contribution is 2.27. The fraction of sp³-hybridized carbons (Fsp3) is 0.562. The number of nitrogens with two attached hydrogens (primary N) is 1. The molecule has 0 bridgehead atoms. The third kappa shape index (κ3) is 3.36. The number of nitrogens with zero attached hydrogens (tertiary/aromatic N) is 2. The molecule has 0 atom stereocenters. The molecule has 2 aromatic heterocycles. The lowest BCUT2D eigenvalue weighted by atomic mass is 9.91. The van der Waals surface area contributed by atoms with Crippen LogP contribution in [-0.4, -0.2) is 29.0 Å². The van der Waals surface area contributed by atoms with Crippen molar-refractivity contribution in [3.8, 4) is 10.8 Å². The number of aryl methyl sites for hydroxylation is 1. The molecule has 114 valence electrons. The Morgan fingerprint density at radius 3 is 2.81 bits per heavy atom. The van der Waals surface area contributed by atoms with Crippen molar-refractivity contribution in [3.63, 3.8) is 0 Å². The van der Waals surface area contributed by atoms with Crippen LogP contribution in [0.4, 0.5) is 0 Å². The van der Waals surface area contributed by atoms with Gasteiger partial charge in [0.2, 0.25) is 5.89 Å². The Bertz CT molecular complexity index is 570. The van der Waals surface area contributed by atoms with Gasteiger partial charge in [0.1, 0.15) is 5.76 Å². The van der Waals surface area contributed by atoms with Gasteiger partial charge in [-0.1, -0.05) is 6.07 Å². The lowest BCUT2D eigenvalue weighted by molar-refractivity contribution is 0.174. The number of oxazole rings is 1. The predicted molar refractivity (Wildman–Crippen MR) is 86.3 cm³/mol. The van der Waals surface area contributed by atoms with Crippen LogP contribution in [0, 0.1) is 6.92 Å². The third-order valence-electron chi connectivity index (χ3n) is 4.39. The first-order valence-electron chi connectivity index (χ1n) is 7.59. The molecule has 0 unspecified atom stereocenters. The minimum absolute atomic E-state index is 0.397. The Morgan fingerprint density at radius 2 is 2.14 bits per heavy atom. The highest BCUT2D eigenvalue weighted by Gasteiger charge is 2.23. The summed E-state index contributed by atoms with van der Waals surface area (Å²) < 4.78 is 5.82. The fourth-order valence-corrected chi connectivity index (χ4v) is 3.64. The number of aromatic nitrogens is 1. The molecule has 0 aliphatic heterocycles. The van der Waals surface area contributed by atoms with Crippen molar-refractivity contribution in [2.45, 2.75) is 51.2 Å². The molecule has 2 N–H and O–H groups in total. The average molecular weight is 305 g/mol. The molecule has 2 heterocycles. The minimum Gasteiger partial charge on any atom is -0.440 e. The summed E-state index contributed by atoms with van der Waals surface area (Å²) in [5.41, 5.74) is 7.04. The zero-order valence-corrected chi connectivity index (χ0v) is 13.5. The van der Waals surface area contributed by atoms with Crippen molar-refractivity contribution in [2.75, 3.05) is 7.05 Å². The maximum Gasteiger partial charge on any atom is 0.236 e. The van der Waals surface area contributed by atoms with Gasteiger partial charge < -0.3 is 10.2 Å². The van der Waals surface area contributed by atoms with Gasteiger partial charge in [-0.15, -0.1) is 11.3 Å². The van der Waals surface area contributed by atoms with Crippen LogP contribution in [0.25, 0.3) is 10.8 Å². The van der Waals surface area contributed by atoms with Crippen molar-refractivity contribution < 1.29 is 4.42 Å². The molecular formula is C16H23N3OS. The lowest BCUT2D eigenvalue weighted by Gasteiger charge is -2.33. The number of hydrogen-bond acceptors (Lipinski definition) is 5. The standard InChI is InChI=1S/C16H23N3OS/c1-11-14(18-16(20-11)15-4-3-9-21-15)10-19(2)13-7-5-12(17)6-8-13/h3-4,9,12-13H,5-8,10,17H2,1-2H3. The van der Waals surface area contributed by atoms with Gasteiger partial charge in [-0.3, -0.25) is 4.90 Å². The highest BCUT2D eigenvalue weighted by molar-refractivity contribution is 7.13. The molecule has 0 radical (unpaired) electrons. The molecule has 21 heavy (non-hydrogen) atoms. The summed E-state index contributed by atoms with van der Waals surface area (Å²) in [5.74, 6) is 1.68. The van der Waals surface area contributed by atoms with Crippen molar-refractivity contribution in [2.24, 2.45) is 5.73 Å². The van der Waals surface area contributed by atoms with E-state index in [0.29, 0.717) is 12.1 Å². The van der Waals surface area contributed by atoms with Crippen LogP contribution in [0.15, 0.2) is 21.9 Å². The Morgan fingerprint density at radius 1 is 1.38 bits per heavy atom. The van der Waals surface area contributed by atoms with E-state index >= 15 is 0 Å². The second kappa shape index (κ2) is 6.30. The normalized spacial score (nSPS) is 22.9. The maximum absolute atomic E-state index is 5.99. The van der Waals surface area contributed by atoms with Crippen LogP contribution in [0.1, 0.15) is 37.1 Å². The van der Waals surface area contributed by atoms with Gasteiger partial charge in [-0.2, -0.15) is 0 Å². The van der Waals surface area contributed by atoms with E-state index in [-0.39, 0.29) is 0 Å². The summed E-state index contributed by atoms with van der Waals surface area (Å²) >= 11 is 1.66. The molecule has 3 rings (SSSR count). The third-order valence-corrected chi connectivity index (χ3v) is 5.25. The minimum atomic E-state index is 0.397. The van der Waals surface area contributed by atoms with Crippen LogP contribution < -0.4 is 5.73 Å². The Labute approximate surface area is 130 Å². The molecular weight excluding hydrogens is 282 g/mol. The van der Waals surface area contributed by atoms with E-state index in [2.05, 4.69) is 16.9 Å². The smallest absolute Gasteiger partial charge is 0.236 e. The van der Waals surface area contributed by atoms with Gasteiger partial charge in [0, 0.05) is 18.6 Å². The Hall–Kier alpha value is -1.17. The zero-order valence-electron chi connectivity index (χ0n) is 12.7. The largest absolute Gasteiger partial charge is 0.440 e. The van der Waals surface area contributed by atoms with Crippen molar-refractivity contribution in [1.29, 1.82) is 0 Å². The molecule has 1 saturated carbocycles. The van der Waals surface area contributed by atoms with Gasteiger partial charge in [0.05, 0.1) is 10.6 Å². The molecule has 0 aromatic carbocycles. The first-order chi connectivity index (χ1) is 10.1. The van der Waals surface area contributed by atoms with Crippen LogP contribution in [0.5, 0.6) is 0 Å². The number of thiophene rings is 1. The molecule has 0 spiro atoms. The van der Waals surface area contributed by atoms with Gasteiger partial charge in [-0.25, -0.2) is 4.98 Å². The van der Waals surface area contributed by atoms with Gasteiger partial charge in [-0.05, 0) is 51.1 Å². The maximum atomic E-state index is 5.99. The van der Waals surface area contributed by atoms with Gasteiger partial charge in [0.15, 0.2) is 0 Å². The summed E-state index contributed by atoms with van der Waals surface area (Å²) in [5, 5.41) is 2.05. The SMILES string of the molecule is Cc1oc(-c2cccs2)nc1CN(C)C1CCC(N)CC1. The van der Waals surface area contributed by atoms with Gasteiger partial charge >= 0.3 is 0 Å². The van der Waals surface area contributed by atoms with Crippen molar-refractivity contribution >= 4 is 11.3 Å². The predicted octanol–water partition coefficient (Wildman–Crippen LogP) is 3.41. The number of rotatable bonds is 4. The summed E-state index contributed by atoms with van der Waals surface area (Å²) in [6.45, 7) is 2.85. The van der Waals surface area contributed by atoms with E-state index in [0.717, 1.165) is 41.6 Å². The van der Waals surface area contributed by atoms with Crippen LogP contribution in [0.3, 0.4) is 0 Å². The second-order valence-electron chi connectivity index (χ2n) is 5.98. The molecule has 1 aliphatic carbocycles. The summed E-state index contributed by atoms with van der Waals surface area (Å²) in [4.78, 5) is 8.17. The summed E-state index contributed by atoms with van der Waals surface area (Å²) in [6, 6.07) is 5.09. The van der Waals surface area contributed by atoms with E-state index in [4.69, 9.17) is 10.2 Å². The molecule has 2 aromatic rings. The van der Waals surface area contributed by atoms with Crippen LogP contribution in [0.2, 0.25) is 0 Å². The molecule has 1 fully saturated rings. The van der Waals surface area contributed by atoms with Gasteiger partial charge in [0.25, 0.3) is 0 Å². The molecule has 5 heteroatoms. The number of hydrogen-bond donors (Lipinski definition) is 1. The molecule has 4 nitrogen and oxygen atoms in total. The summed E-state index contributed by atoms with van der Waals surface area (Å²) in [7, 11) is 2.18. The zero-order chi connectivity index (χ0) is 14.8. The lowest BCUT2D eigenvalue weighted by Crippen LogP contribution is -2.38. The first kappa shape index (κ1) is 14.8. The van der Waals surface area contributed by atoms with Crippen molar-refractivity contribution in [1.82, 2.24) is 9.88 Å². The monoisotopic (exact) mass is 305 g/mol.